The topological polar surface area (TPSA) is 66.9 Å². The van der Waals surface area contributed by atoms with Crippen molar-refractivity contribution in [3.8, 4) is 22.8 Å². The molecule has 1 aliphatic heterocycles. The smallest absolute Gasteiger partial charge is 0.378 e. The van der Waals surface area contributed by atoms with Gasteiger partial charge in [-0.1, -0.05) is 0 Å². The van der Waals surface area contributed by atoms with Crippen molar-refractivity contribution in [2.45, 2.75) is 12.4 Å². The van der Waals surface area contributed by atoms with E-state index < -0.39 is 23.5 Å². The molecular weight excluding hydrogens is 476 g/mol. The maximum absolute atomic E-state index is 13.5. The summed E-state index contributed by atoms with van der Waals surface area (Å²) in [7, 11) is 0. The van der Waals surface area contributed by atoms with Gasteiger partial charge in [0, 0.05) is 31.0 Å². The van der Waals surface area contributed by atoms with Crippen molar-refractivity contribution < 1.29 is 31.1 Å². The van der Waals surface area contributed by atoms with Gasteiger partial charge in [-0.2, -0.15) is 26.3 Å². The monoisotopic (exact) mass is 493 g/mol. The molecular formula is C23H17F6N5O. The van der Waals surface area contributed by atoms with Gasteiger partial charge in [-0.15, -0.1) is 0 Å². The number of hydrogen-bond donors (Lipinski definition) is 1. The Kier molecular flexibility index (Phi) is 5.62. The van der Waals surface area contributed by atoms with Gasteiger partial charge in [0.05, 0.1) is 41.2 Å². The summed E-state index contributed by atoms with van der Waals surface area (Å²) in [6.07, 6.45) is -6.67. The quantitative estimate of drug-likeness (QED) is 0.379. The number of morpholine rings is 1. The Labute approximate surface area is 194 Å². The molecule has 0 saturated carbocycles. The number of aromatic nitrogens is 4. The van der Waals surface area contributed by atoms with Crippen molar-refractivity contribution in [1.29, 1.82) is 0 Å². The van der Waals surface area contributed by atoms with Crippen LogP contribution < -0.4 is 4.90 Å². The van der Waals surface area contributed by atoms with Crippen LogP contribution in [0.3, 0.4) is 0 Å². The summed E-state index contributed by atoms with van der Waals surface area (Å²) < 4.78 is 85.9. The van der Waals surface area contributed by atoms with Gasteiger partial charge in [0.25, 0.3) is 0 Å². The fourth-order valence-corrected chi connectivity index (χ4v) is 3.97. The third-order valence-electron chi connectivity index (χ3n) is 5.64. The minimum Gasteiger partial charge on any atom is -0.378 e. The third-order valence-corrected chi connectivity index (χ3v) is 5.64. The van der Waals surface area contributed by atoms with Crippen LogP contribution in [0.2, 0.25) is 0 Å². The number of hydrogen-bond acceptors (Lipinski definition) is 5. The van der Waals surface area contributed by atoms with Crippen molar-refractivity contribution >= 4 is 16.7 Å². The van der Waals surface area contributed by atoms with Gasteiger partial charge < -0.3 is 14.6 Å². The number of fused-ring (bicyclic) bond motifs is 1. The number of ether oxygens (including phenoxy) is 1. The molecule has 0 unspecified atom stereocenters. The van der Waals surface area contributed by atoms with Gasteiger partial charge in [0.1, 0.15) is 11.2 Å². The lowest BCUT2D eigenvalue weighted by Gasteiger charge is -2.29. The summed E-state index contributed by atoms with van der Waals surface area (Å²) in [4.78, 5) is 17.2. The lowest BCUT2D eigenvalue weighted by Crippen LogP contribution is -2.36. The van der Waals surface area contributed by atoms with E-state index in [0.29, 0.717) is 37.5 Å². The van der Waals surface area contributed by atoms with Gasteiger partial charge in [0.2, 0.25) is 0 Å². The largest absolute Gasteiger partial charge is 0.418 e. The van der Waals surface area contributed by atoms with E-state index in [1.165, 1.54) is 30.6 Å². The van der Waals surface area contributed by atoms with E-state index >= 15 is 0 Å². The summed E-state index contributed by atoms with van der Waals surface area (Å²) in [5.74, 6) is 0.192. The number of halogens is 6. The molecule has 35 heavy (non-hydrogen) atoms. The normalized spacial score (nSPS) is 15.1. The molecule has 4 aromatic rings. The summed E-state index contributed by atoms with van der Waals surface area (Å²) in [6, 6.07) is 7.03. The fourth-order valence-electron chi connectivity index (χ4n) is 3.97. The molecule has 3 aromatic heterocycles. The summed E-state index contributed by atoms with van der Waals surface area (Å²) in [5.41, 5.74) is -0.750. The average Bonchev–Trinajstić information content (AvgIpc) is 3.27. The van der Waals surface area contributed by atoms with Gasteiger partial charge >= 0.3 is 12.4 Å². The molecule has 12 heteroatoms. The van der Waals surface area contributed by atoms with Crippen LogP contribution in [0.15, 0.2) is 48.8 Å². The third kappa shape index (κ3) is 4.53. The van der Waals surface area contributed by atoms with E-state index in [1.54, 1.807) is 4.90 Å². The first kappa shape index (κ1) is 23.1. The van der Waals surface area contributed by atoms with Crippen LogP contribution in [0.5, 0.6) is 0 Å². The molecule has 1 N–H and O–H groups in total. The number of alkyl halides is 6. The fraction of sp³-hybridized carbons (Fsp3) is 0.261. The number of nitrogens with one attached hydrogen (secondary N) is 1. The van der Waals surface area contributed by atoms with E-state index in [1.807, 2.05) is 0 Å². The number of rotatable bonds is 3. The van der Waals surface area contributed by atoms with E-state index in [-0.39, 0.29) is 28.3 Å². The number of pyridine rings is 2. The maximum Gasteiger partial charge on any atom is 0.418 e. The van der Waals surface area contributed by atoms with Crippen LogP contribution in [-0.4, -0.2) is 46.2 Å². The average molecular weight is 493 g/mol. The highest BCUT2D eigenvalue weighted by atomic mass is 19.4. The van der Waals surface area contributed by atoms with Crippen LogP contribution in [0.4, 0.5) is 32.0 Å². The Hall–Kier alpha value is -3.67. The maximum atomic E-state index is 13.5. The van der Waals surface area contributed by atoms with Crippen LogP contribution in [0.1, 0.15) is 11.1 Å². The molecule has 0 amide bonds. The van der Waals surface area contributed by atoms with Crippen molar-refractivity contribution in [2.24, 2.45) is 0 Å². The second-order valence-electron chi connectivity index (χ2n) is 7.90. The standard InChI is InChI=1S/C23H17F6N5O/c24-22(25,26)14-10-17-20(18(11-14)34-6-8-35-9-7-34)33-21(32-17)16-4-3-13(12-31-16)19-15(23(27,28)29)2-1-5-30-19/h1-5,10-12H,6-9H2,(H,32,33). The Morgan fingerprint density at radius 2 is 1.69 bits per heavy atom. The van der Waals surface area contributed by atoms with Crippen molar-refractivity contribution in [1.82, 2.24) is 19.9 Å². The Morgan fingerprint density at radius 1 is 0.914 bits per heavy atom. The van der Waals surface area contributed by atoms with Crippen molar-refractivity contribution in [2.75, 3.05) is 31.2 Å². The molecule has 0 bridgehead atoms. The molecule has 1 fully saturated rings. The highest BCUT2D eigenvalue weighted by Gasteiger charge is 2.35. The van der Waals surface area contributed by atoms with E-state index in [9.17, 15) is 26.3 Å². The second kappa shape index (κ2) is 8.52. The SMILES string of the molecule is FC(F)(F)c1cc(N2CCOCC2)c2nc(-c3ccc(-c4ncccc4C(F)(F)F)cn3)[nH]c2c1. The first-order chi connectivity index (χ1) is 16.6. The first-order valence-electron chi connectivity index (χ1n) is 10.5. The molecule has 0 spiro atoms. The molecule has 0 radical (unpaired) electrons. The van der Waals surface area contributed by atoms with E-state index in [0.717, 1.165) is 18.2 Å². The van der Waals surface area contributed by atoms with Gasteiger partial charge in [-0.3, -0.25) is 9.97 Å². The zero-order valence-corrected chi connectivity index (χ0v) is 17.9. The first-order valence-corrected chi connectivity index (χ1v) is 10.5. The molecule has 1 saturated heterocycles. The molecule has 0 atom stereocenters. The lowest BCUT2D eigenvalue weighted by molar-refractivity contribution is -0.138. The molecule has 6 nitrogen and oxygen atoms in total. The van der Waals surface area contributed by atoms with Crippen LogP contribution in [0.25, 0.3) is 33.8 Å². The van der Waals surface area contributed by atoms with Crippen molar-refractivity contribution in [3.05, 3.63) is 59.9 Å². The Bertz CT molecular complexity index is 1360. The minimum absolute atomic E-state index is 0.145. The number of aromatic amines is 1. The second-order valence-corrected chi connectivity index (χ2v) is 7.90. The molecule has 5 rings (SSSR count). The summed E-state index contributed by atoms with van der Waals surface area (Å²) in [5, 5.41) is 0. The van der Waals surface area contributed by atoms with Gasteiger partial charge in [0.15, 0.2) is 5.82 Å². The number of H-pyrrole nitrogens is 1. The Balaban J connectivity index is 1.56. The van der Waals surface area contributed by atoms with E-state index in [4.69, 9.17) is 4.74 Å². The number of anilines is 1. The molecule has 1 aromatic carbocycles. The molecule has 0 aliphatic carbocycles. The Morgan fingerprint density at radius 3 is 2.34 bits per heavy atom. The summed E-state index contributed by atoms with van der Waals surface area (Å²) >= 11 is 0. The molecule has 1 aliphatic rings. The number of nitrogens with zero attached hydrogens (tertiary/aromatic N) is 4. The number of imidazole rings is 1. The highest BCUT2D eigenvalue weighted by molar-refractivity contribution is 5.92. The number of benzene rings is 1. The molecule has 182 valence electrons. The minimum atomic E-state index is -4.59. The van der Waals surface area contributed by atoms with Crippen LogP contribution >= 0.6 is 0 Å². The van der Waals surface area contributed by atoms with Crippen LogP contribution in [-0.2, 0) is 17.1 Å². The van der Waals surface area contributed by atoms with Crippen LogP contribution in [0, 0.1) is 0 Å². The van der Waals surface area contributed by atoms with Gasteiger partial charge in [-0.25, -0.2) is 4.98 Å². The predicted molar refractivity (Wildman–Crippen MR) is 116 cm³/mol. The zero-order valence-electron chi connectivity index (χ0n) is 17.9. The van der Waals surface area contributed by atoms with E-state index in [2.05, 4.69) is 19.9 Å². The zero-order chi connectivity index (χ0) is 24.8. The predicted octanol–water partition coefficient (Wildman–Crippen LogP) is 5.56. The highest BCUT2D eigenvalue weighted by Crippen LogP contribution is 2.38. The molecule has 4 heterocycles. The van der Waals surface area contributed by atoms with Gasteiger partial charge in [-0.05, 0) is 36.4 Å². The van der Waals surface area contributed by atoms with Crippen molar-refractivity contribution in [3.63, 3.8) is 0 Å². The summed E-state index contributed by atoms with van der Waals surface area (Å²) in [6.45, 7) is 1.59. The lowest BCUT2D eigenvalue weighted by atomic mass is 10.1.